The normalized spacial score (nSPS) is 13.2. The first-order valence-electron chi connectivity index (χ1n) is 6.44. The van der Waals surface area contributed by atoms with Crippen LogP contribution in [0.4, 0.5) is 5.69 Å². The molecule has 1 aliphatic heterocycles. The summed E-state index contributed by atoms with van der Waals surface area (Å²) in [6.07, 6.45) is 1.50. The summed E-state index contributed by atoms with van der Waals surface area (Å²) in [5, 5.41) is 9.67. The molecule has 0 saturated heterocycles. The number of carbonyl (C=O) groups is 1. The number of carbonyl (C=O) groups excluding carboxylic acids is 1. The Morgan fingerprint density at radius 1 is 1.18 bits per heavy atom. The highest BCUT2D eigenvalue weighted by molar-refractivity contribution is 6.37. The van der Waals surface area contributed by atoms with Crippen LogP contribution in [0.15, 0.2) is 48.4 Å². The number of aromatic hydroxyl groups is 1. The highest BCUT2D eigenvalue weighted by atomic mass is 35.5. The van der Waals surface area contributed by atoms with Crippen molar-refractivity contribution in [2.75, 3.05) is 4.90 Å². The number of benzene rings is 2. The van der Waals surface area contributed by atoms with Crippen LogP contribution in [0.5, 0.6) is 11.5 Å². The van der Waals surface area contributed by atoms with Crippen molar-refractivity contribution in [2.45, 2.75) is 6.92 Å². The van der Waals surface area contributed by atoms with Gasteiger partial charge in [0.25, 0.3) is 5.91 Å². The van der Waals surface area contributed by atoms with Gasteiger partial charge in [-0.1, -0.05) is 35.3 Å². The van der Waals surface area contributed by atoms with Crippen LogP contribution in [0.1, 0.15) is 17.3 Å². The third-order valence-corrected chi connectivity index (χ3v) is 3.86. The Hall–Kier alpha value is -2.17. The van der Waals surface area contributed by atoms with Gasteiger partial charge >= 0.3 is 0 Å². The Balaban J connectivity index is 2.08. The van der Waals surface area contributed by atoms with Crippen molar-refractivity contribution in [3.63, 3.8) is 0 Å². The maximum atomic E-state index is 12.8. The van der Waals surface area contributed by atoms with E-state index < -0.39 is 0 Å². The summed E-state index contributed by atoms with van der Waals surface area (Å²) < 4.78 is 5.47. The van der Waals surface area contributed by atoms with Crippen molar-refractivity contribution >= 4 is 34.8 Å². The van der Waals surface area contributed by atoms with Gasteiger partial charge in [-0.25, -0.2) is 0 Å². The molecule has 1 amide bonds. The van der Waals surface area contributed by atoms with Gasteiger partial charge in [0.05, 0.1) is 21.4 Å². The van der Waals surface area contributed by atoms with Gasteiger partial charge in [0, 0.05) is 5.56 Å². The molecule has 0 atom stereocenters. The number of hydrogen-bond acceptors (Lipinski definition) is 3. The lowest BCUT2D eigenvalue weighted by Crippen LogP contribution is -2.31. The number of hydrogen-bond donors (Lipinski definition) is 1. The van der Waals surface area contributed by atoms with Crippen molar-refractivity contribution in [3.05, 3.63) is 64.0 Å². The Bertz CT molecular complexity index is 779. The first-order chi connectivity index (χ1) is 10.5. The molecule has 0 saturated carbocycles. The molecule has 2 aromatic rings. The lowest BCUT2D eigenvalue weighted by molar-refractivity contribution is 0.0992. The molecule has 0 fully saturated rings. The molecule has 4 nitrogen and oxygen atoms in total. The van der Waals surface area contributed by atoms with Crippen LogP contribution in [0.3, 0.4) is 0 Å². The number of anilines is 1. The smallest absolute Gasteiger partial charge is 0.262 e. The Labute approximate surface area is 137 Å². The van der Waals surface area contributed by atoms with E-state index >= 15 is 0 Å². The van der Waals surface area contributed by atoms with Gasteiger partial charge < -0.3 is 9.84 Å². The van der Waals surface area contributed by atoms with Gasteiger partial charge in [-0.15, -0.1) is 0 Å². The van der Waals surface area contributed by atoms with Gasteiger partial charge in [0.2, 0.25) is 0 Å². The molecular weight excluding hydrogens is 325 g/mol. The van der Waals surface area contributed by atoms with Gasteiger partial charge in [-0.2, -0.15) is 0 Å². The fourth-order valence-electron chi connectivity index (χ4n) is 2.22. The fourth-order valence-corrected chi connectivity index (χ4v) is 2.71. The van der Waals surface area contributed by atoms with Crippen molar-refractivity contribution in [1.82, 2.24) is 0 Å². The predicted molar refractivity (Wildman–Crippen MR) is 85.8 cm³/mol. The number of phenols is 1. The lowest BCUT2D eigenvalue weighted by atomic mass is 10.1. The number of allylic oxidation sites excluding steroid dienone is 1. The largest absolute Gasteiger partial charge is 0.505 e. The van der Waals surface area contributed by atoms with Crippen molar-refractivity contribution < 1.29 is 14.6 Å². The molecule has 3 rings (SSSR count). The van der Waals surface area contributed by atoms with Crippen molar-refractivity contribution in [1.29, 1.82) is 0 Å². The van der Waals surface area contributed by atoms with E-state index in [1.54, 1.807) is 19.1 Å². The van der Waals surface area contributed by atoms with Crippen LogP contribution in [0.25, 0.3) is 0 Å². The number of amides is 1. The first kappa shape index (κ1) is 14.8. The average molecular weight is 336 g/mol. The molecular formula is C16H11Cl2NO3. The monoisotopic (exact) mass is 335 g/mol. The van der Waals surface area contributed by atoms with Crippen molar-refractivity contribution in [3.8, 4) is 11.5 Å². The molecule has 0 spiro atoms. The maximum absolute atomic E-state index is 12.8. The van der Waals surface area contributed by atoms with Crippen LogP contribution in [0, 0.1) is 0 Å². The fraction of sp³-hybridized carbons (Fsp3) is 0.0625. The minimum atomic E-state index is -0.312. The average Bonchev–Trinajstić information content (AvgIpc) is 2.51. The van der Waals surface area contributed by atoms with Crippen LogP contribution in [-0.4, -0.2) is 11.0 Å². The summed E-state index contributed by atoms with van der Waals surface area (Å²) in [6.45, 7) is 1.76. The topological polar surface area (TPSA) is 49.8 Å². The van der Waals surface area contributed by atoms with E-state index in [2.05, 4.69) is 0 Å². The first-order valence-corrected chi connectivity index (χ1v) is 7.19. The summed E-state index contributed by atoms with van der Waals surface area (Å²) in [6, 6.07) is 9.97. The zero-order valence-corrected chi connectivity index (χ0v) is 13.0. The highest BCUT2D eigenvalue weighted by Crippen LogP contribution is 2.37. The third-order valence-electron chi connectivity index (χ3n) is 3.28. The van der Waals surface area contributed by atoms with E-state index in [4.69, 9.17) is 27.9 Å². The molecule has 1 N–H and O–H groups in total. The highest BCUT2D eigenvalue weighted by Gasteiger charge is 2.26. The second kappa shape index (κ2) is 5.55. The maximum Gasteiger partial charge on any atom is 0.262 e. The van der Waals surface area contributed by atoms with Gasteiger partial charge in [0.1, 0.15) is 6.26 Å². The van der Waals surface area contributed by atoms with E-state index in [1.165, 1.54) is 23.3 Å². The van der Waals surface area contributed by atoms with E-state index in [0.717, 1.165) is 0 Å². The standard InChI is InChI=1S/C16H11Cl2NO3/c1-9-8-22-14-5-3-2-4-13(14)19(9)16(21)10-6-11(17)15(20)12(18)7-10/h2-8,20H,1H3. The Morgan fingerprint density at radius 3 is 2.50 bits per heavy atom. The van der Waals surface area contributed by atoms with Crippen LogP contribution in [-0.2, 0) is 0 Å². The van der Waals surface area contributed by atoms with E-state index in [0.29, 0.717) is 17.1 Å². The molecule has 0 radical (unpaired) electrons. The predicted octanol–water partition coefficient (Wildman–Crippen LogP) is 4.60. The molecule has 1 heterocycles. The quantitative estimate of drug-likeness (QED) is 0.828. The number of halogens is 2. The molecule has 0 aliphatic carbocycles. The molecule has 22 heavy (non-hydrogen) atoms. The van der Waals surface area contributed by atoms with Crippen LogP contribution >= 0.6 is 23.2 Å². The number of para-hydroxylation sites is 2. The number of phenolic OH excluding ortho intramolecular Hbond substituents is 1. The van der Waals surface area contributed by atoms with E-state index in [9.17, 15) is 9.90 Å². The minimum Gasteiger partial charge on any atom is -0.505 e. The molecule has 2 aromatic carbocycles. The SMILES string of the molecule is CC1=COc2ccccc2N1C(=O)c1cc(Cl)c(O)c(Cl)c1. The minimum absolute atomic E-state index is 0.0269. The molecule has 0 bridgehead atoms. The zero-order valence-electron chi connectivity index (χ0n) is 11.5. The van der Waals surface area contributed by atoms with E-state index in [-0.39, 0.29) is 27.3 Å². The lowest BCUT2D eigenvalue weighted by Gasteiger charge is -2.28. The molecule has 6 heteroatoms. The second-order valence-electron chi connectivity index (χ2n) is 4.77. The summed E-state index contributed by atoms with van der Waals surface area (Å²) in [5.41, 5.74) is 1.54. The zero-order chi connectivity index (χ0) is 15.9. The second-order valence-corrected chi connectivity index (χ2v) is 5.59. The van der Waals surface area contributed by atoms with E-state index in [1.807, 2.05) is 12.1 Å². The van der Waals surface area contributed by atoms with Gasteiger partial charge in [0.15, 0.2) is 11.5 Å². The Morgan fingerprint density at radius 2 is 1.82 bits per heavy atom. The number of nitrogens with zero attached hydrogens (tertiary/aromatic N) is 1. The Kier molecular flexibility index (Phi) is 3.72. The summed E-state index contributed by atoms with van der Waals surface area (Å²) in [5.74, 6) is 0.0280. The summed E-state index contributed by atoms with van der Waals surface area (Å²) in [4.78, 5) is 14.3. The van der Waals surface area contributed by atoms with Crippen LogP contribution < -0.4 is 9.64 Å². The van der Waals surface area contributed by atoms with Crippen LogP contribution in [0.2, 0.25) is 10.0 Å². The summed E-state index contributed by atoms with van der Waals surface area (Å²) >= 11 is 11.8. The molecule has 0 unspecified atom stereocenters. The third kappa shape index (κ3) is 2.40. The summed E-state index contributed by atoms with van der Waals surface area (Å²) in [7, 11) is 0. The molecule has 0 aromatic heterocycles. The van der Waals surface area contributed by atoms with Crippen molar-refractivity contribution in [2.24, 2.45) is 0 Å². The molecule has 1 aliphatic rings. The number of fused-ring (bicyclic) bond motifs is 1. The van der Waals surface area contributed by atoms with Gasteiger partial charge in [-0.3, -0.25) is 9.69 Å². The molecule has 112 valence electrons. The number of ether oxygens (including phenoxy) is 1. The number of rotatable bonds is 1. The van der Waals surface area contributed by atoms with Gasteiger partial charge in [-0.05, 0) is 31.2 Å².